The first-order valence-corrected chi connectivity index (χ1v) is 10.0. The molecule has 0 radical (unpaired) electrons. The minimum absolute atomic E-state index is 0.0577. The molecule has 1 aliphatic heterocycles. The lowest BCUT2D eigenvalue weighted by Gasteiger charge is -2.42. The fourth-order valence-corrected chi connectivity index (χ4v) is 4.23. The highest BCUT2D eigenvalue weighted by Crippen LogP contribution is 2.42. The van der Waals surface area contributed by atoms with Crippen LogP contribution in [-0.2, 0) is 26.3 Å². The van der Waals surface area contributed by atoms with Crippen LogP contribution in [0.1, 0.15) is 18.1 Å². The molecule has 1 N–H and O–H groups in total. The minimum Gasteiger partial charge on any atom is -0.451 e. The van der Waals surface area contributed by atoms with Crippen molar-refractivity contribution >= 4 is 17.7 Å². The third-order valence-electron chi connectivity index (χ3n) is 4.69. The molecule has 2 aromatic rings. The molecule has 156 valence electrons. The van der Waals surface area contributed by atoms with Gasteiger partial charge in [-0.1, -0.05) is 48.5 Å². The van der Waals surface area contributed by atoms with Gasteiger partial charge in [-0.05, 0) is 29.0 Å². The van der Waals surface area contributed by atoms with Crippen molar-refractivity contribution in [1.82, 2.24) is 5.32 Å². The number of nitrogens with one attached hydrogen (secondary N) is 1. The molecule has 0 aromatic heterocycles. The molecule has 1 aliphatic rings. The summed E-state index contributed by atoms with van der Waals surface area (Å²) in [5, 5.41) is 3.22. The van der Waals surface area contributed by atoms with E-state index >= 15 is 0 Å². The molecule has 0 aliphatic carbocycles. The van der Waals surface area contributed by atoms with E-state index in [1.54, 1.807) is 42.5 Å². The van der Waals surface area contributed by atoms with Crippen molar-refractivity contribution < 1.29 is 27.4 Å². The number of rotatable bonds is 6. The number of halogens is 3. The summed E-state index contributed by atoms with van der Waals surface area (Å²) in [7, 11) is 0. The van der Waals surface area contributed by atoms with E-state index in [0.717, 1.165) is 0 Å². The maximum absolute atomic E-state index is 13.1. The van der Waals surface area contributed by atoms with Gasteiger partial charge in [-0.25, -0.2) is 0 Å². The van der Waals surface area contributed by atoms with Crippen molar-refractivity contribution in [2.24, 2.45) is 0 Å². The van der Waals surface area contributed by atoms with Crippen molar-refractivity contribution in [1.29, 1.82) is 0 Å². The molecule has 8 heteroatoms. The molecule has 4 nitrogen and oxygen atoms in total. The largest absolute Gasteiger partial charge is 0.451 e. The van der Waals surface area contributed by atoms with Crippen LogP contribution in [0, 0.1) is 0 Å². The van der Waals surface area contributed by atoms with Crippen molar-refractivity contribution in [2.75, 3.05) is 19.7 Å². The summed E-state index contributed by atoms with van der Waals surface area (Å²) in [5.74, 6) is -0.524. The summed E-state index contributed by atoms with van der Waals surface area (Å²) < 4.78 is 51.1. The second kappa shape index (κ2) is 9.19. The summed E-state index contributed by atoms with van der Waals surface area (Å²) in [6, 6.07) is 15.4. The number of morpholine rings is 1. The van der Waals surface area contributed by atoms with E-state index in [9.17, 15) is 18.0 Å². The second-order valence-corrected chi connectivity index (χ2v) is 7.85. The summed E-state index contributed by atoms with van der Waals surface area (Å²) >= 11 is -0.168. The molecule has 1 heterocycles. The predicted octanol–water partition coefficient (Wildman–Crippen LogP) is 4.29. The van der Waals surface area contributed by atoms with E-state index < -0.39 is 23.2 Å². The lowest BCUT2D eigenvalue weighted by atomic mass is 9.81. The average Bonchev–Trinajstić information content (AvgIpc) is 2.69. The van der Waals surface area contributed by atoms with Crippen molar-refractivity contribution in [3.05, 3.63) is 65.7 Å². The van der Waals surface area contributed by atoms with Gasteiger partial charge in [-0.15, -0.1) is 0 Å². The van der Waals surface area contributed by atoms with Gasteiger partial charge in [0.2, 0.25) is 0 Å². The average molecular weight is 425 g/mol. The molecule has 2 atom stereocenters. The lowest BCUT2D eigenvalue weighted by molar-refractivity contribution is -0.183. The Morgan fingerprint density at radius 3 is 2.48 bits per heavy atom. The van der Waals surface area contributed by atoms with Crippen molar-refractivity contribution in [2.45, 2.75) is 35.5 Å². The highest BCUT2D eigenvalue weighted by molar-refractivity contribution is 8.00. The molecular formula is C21H22F3NO3S. The summed E-state index contributed by atoms with van der Waals surface area (Å²) in [5.41, 5.74) is -4.57. The third-order valence-corrected chi connectivity index (χ3v) is 5.54. The molecule has 0 spiro atoms. The Morgan fingerprint density at radius 1 is 1.17 bits per heavy atom. The van der Waals surface area contributed by atoms with E-state index in [-0.39, 0.29) is 23.1 Å². The van der Waals surface area contributed by atoms with E-state index in [1.165, 1.54) is 13.0 Å². The molecule has 1 unspecified atom stereocenters. The monoisotopic (exact) mass is 425 g/mol. The van der Waals surface area contributed by atoms with Crippen LogP contribution in [0.3, 0.4) is 0 Å². The van der Waals surface area contributed by atoms with E-state index in [1.807, 2.05) is 6.07 Å². The van der Waals surface area contributed by atoms with Gasteiger partial charge in [0.1, 0.15) is 6.10 Å². The number of carbonyl (C=O) groups is 1. The van der Waals surface area contributed by atoms with E-state index in [2.05, 4.69) is 5.32 Å². The lowest BCUT2D eigenvalue weighted by Crippen LogP contribution is -2.54. The Hall–Kier alpha value is -2.03. The van der Waals surface area contributed by atoms with Gasteiger partial charge < -0.3 is 14.8 Å². The standard InChI is InChI=1S/C21H22F3NO3S/c1-15(26)28-20(17-8-3-2-4-9-17,19-14-25-11-12-27-19)13-16-7-5-6-10-18(16)29-21(22,23)24/h2-10,19,25H,11-14H2,1H3/t19?,20-/m1/s1. The Balaban J connectivity index is 2.09. The van der Waals surface area contributed by atoms with Gasteiger partial charge in [0, 0.05) is 31.3 Å². The van der Waals surface area contributed by atoms with Crippen molar-refractivity contribution in [3.63, 3.8) is 0 Å². The zero-order valence-corrected chi connectivity index (χ0v) is 16.7. The molecule has 3 rings (SSSR count). The number of hydrogen-bond donors (Lipinski definition) is 1. The summed E-state index contributed by atoms with van der Waals surface area (Å²) in [6.45, 7) is 2.78. The maximum atomic E-state index is 13.1. The Labute approximate surface area is 171 Å². The van der Waals surface area contributed by atoms with Crippen LogP contribution < -0.4 is 5.32 Å². The van der Waals surface area contributed by atoms with Gasteiger partial charge in [0.05, 0.1) is 6.61 Å². The van der Waals surface area contributed by atoms with Crippen LogP contribution in [0.5, 0.6) is 0 Å². The van der Waals surface area contributed by atoms with Crippen LogP contribution in [0.25, 0.3) is 0 Å². The quantitative estimate of drug-likeness (QED) is 0.553. The van der Waals surface area contributed by atoms with E-state index in [4.69, 9.17) is 9.47 Å². The first kappa shape index (κ1) is 21.7. The van der Waals surface area contributed by atoms with Gasteiger partial charge in [-0.2, -0.15) is 13.2 Å². The first-order valence-electron chi connectivity index (χ1n) is 9.21. The molecule has 2 aromatic carbocycles. The van der Waals surface area contributed by atoms with Crippen LogP contribution in [0.2, 0.25) is 0 Å². The molecule has 1 fully saturated rings. The zero-order valence-electron chi connectivity index (χ0n) is 15.9. The number of hydrogen-bond acceptors (Lipinski definition) is 5. The van der Waals surface area contributed by atoms with Crippen LogP contribution in [0.4, 0.5) is 13.2 Å². The number of thioether (sulfide) groups is 1. The predicted molar refractivity (Wildman–Crippen MR) is 105 cm³/mol. The molecular weight excluding hydrogens is 403 g/mol. The molecule has 29 heavy (non-hydrogen) atoms. The number of ether oxygens (including phenoxy) is 2. The molecule has 0 saturated carbocycles. The summed E-state index contributed by atoms with van der Waals surface area (Å²) in [4.78, 5) is 12.2. The Bertz CT molecular complexity index is 825. The van der Waals surface area contributed by atoms with E-state index in [0.29, 0.717) is 30.8 Å². The fourth-order valence-electron chi connectivity index (χ4n) is 3.56. The van der Waals surface area contributed by atoms with Crippen LogP contribution in [-0.4, -0.2) is 37.3 Å². The molecule has 1 saturated heterocycles. The topological polar surface area (TPSA) is 47.6 Å². The maximum Gasteiger partial charge on any atom is 0.446 e. The molecule has 0 amide bonds. The molecule has 0 bridgehead atoms. The van der Waals surface area contributed by atoms with Gasteiger partial charge in [0.15, 0.2) is 5.60 Å². The number of benzene rings is 2. The zero-order chi connectivity index (χ0) is 20.9. The highest BCUT2D eigenvalue weighted by Gasteiger charge is 2.46. The highest BCUT2D eigenvalue weighted by atomic mass is 32.2. The van der Waals surface area contributed by atoms with Gasteiger partial charge in [0.25, 0.3) is 0 Å². The Morgan fingerprint density at radius 2 is 1.86 bits per heavy atom. The fraction of sp³-hybridized carbons (Fsp3) is 0.381. The normalized spacial score (nSPS) is 19.4. The number of alkyl halides is 3. The first-order chi connectivity index (χ1) is 13.8. The second-order valence-electron chi connectivity index (χ2n) is 6.75. The van der Waals surface area contributed by atoms with Gasteiger partial charge in [-0.3, -0.25) is 4.79 Å². The number of esters is 1. The van der Waals surface area contributed by atoms with Crippen LogP contribution in [0.15, 0.2) is 59.5 Å². The summed E-state index contributed by atoms with van der Waals surface area (Å²) in [6.07, 6.45) is -0.492. The SMILES string of the molecule is CC(=O)O[C@](Cc1ccccc1SC(F)(F)F)(c1ccccc1)C1CNCCO1. The van der Waals surface area contributed by atoms with Crippen molar-refractivity contribution in [3.8, 4) is 0 Å². The van der Waals surface area contributed by atoms with Gasteiger partial charge >= 0.3 is 11.5 Å². The Kier molecular flexibility index (Phi) is 6.87. The minimum atomic E-state index is -4.42. The smallest absolute Gasteiger partial charge is 0.446 e. The van der Waals surface area contributed by atoms with Crippen LogP contribution >= 0.6 is 11.8 Å². The third kappa shape index (κ3) is 5.52. The number of carbonyl (C=O) groups excluding carboxylic acids is 1.